The van der Waals surface area contributed by atoms with Crippen LogP contribution in [-0.4, -0.2) is 30.9 Å². The first-order valence-electron chi connectivity index (χ1n) is 6.64. The van der Waals surface area contributed by atoms with Gasteiger partial charge in [0.1, 0.15) is 0 Å². The fraction of sp³-hybridized carbons (Fsp3) is 0.429. The SMILES string of the molecule is O=C1C[C@@H]([NH+]2CCCC2)C(=O)N1c1cccc(Cl)c1. The standard InChI is InChI=1S/C14H15ClN2O2/c15-10-4-3-5-11(8-10)17-13(18)9-12(14(17)19)16-6-1-2-7-16/h3-5,8,12H,1-2,6-7,9H2/p+1/t12-/m1/s1. The van der Waals surface area contributed by atoms with Crippen LogP contribution in [0.25, 0.3) is 0 Å². The minimum Gasteiger partial charge on any atom is -0.324 e. The molecule has 1 N–H and O–H groups in total. The van der Waals surface area contributed by atoms with Gasteiger partial charge in [-0.1, -0.05) is 17.7 Å². The minimum absolute atomic E-state index is 0.0795. The van der Waals surface area contributed by atoms with Crippen LogP contribution in [0.5, 0.6) is 0 Å². The van der Waals surface area contributed by atoms with Crippen LogP contribution in [0, 0.1) is 0 Å². The van der Waals surface area contributed by atoms with Crippen LogP contribution in [0.2, 0.25) is 5.02 Å². The zero-order chi connectivity index (χ0) is 13.4. The topological polar surface area (TPSA) is 41.8 Å². The van der Waals surface area contributed by atoms with Crippen LogP contribution in [0.4, 0.5) is 5.69 Å². The van der Waals surface area contributed by atoms with Gasteiger partial charge in [-0.25, -0.2) is 4.90 Å². The fourth-order valence-electron chi connectivity index (χ4n) is 3.01. The van der Waals surface area contributed by atoms with Gasteiger partial charge >= 0.3 is 0 Å². The number of likely N-dealkylation sites (tertiary alicyclic amines) is 1. The van der Waals surface area contributed by atoms with Gasteiger partial charge in [-0.15, -0.1) is 0 Å². The summed E-state index contributed by atoms with van der Waals surface area (Å²) in [5.41, 5.74) is 0.587. The average Bonchev–Trinajstić information content (AvgIpc) is 2.97. The Bertz CT molecular complexity index is 526. The number of nitrogens with one attached hydrogen (secondary N) is 1. The first-order chi connectivity index (χ1) is 9.16. The van der Waals surface area contributed by atoms with Gasteiger partial charge in [0, 0.05) is 17.9 Å². The van der Waals surface area contributed by atoms with E-state index < -0.39 is 0 Å². The molecule has 1 atom stereocenters. The summed E-state index contributed by atoms with van der Waals surface area (Å²) in [7, 11) is 0. The number of anilines is 1. The number of hydrogen-bond acceptors (Lipinski definition) is 2. The molecule has 0 unspecified atom stereocenters. The molecule has 4 nitrogen and oxygen atoms in total. The van der Waals surface area contributed by atoms with E-state index >= 15 is 0 Å². The van der Waals surface area contributed by atoms with Gasteiger partial charge in [-0.05, 0) is 18.2 Å². The highest BCUT2D eigenvalue weighted by molar-refractivity contribution is 6.31. The quantitative estimate of drug-likeness (QED) is 0.808. The molecule has 2 aliphatic rings. The fourth-order valence-corrected chi connectivity index (χ4v) is 3.20. The van der Waals surface area contributed by atoms with E-state index in [1.807, 2.05) is 0 Å². The van der Waals surface area contributed by atoms with E-state index in [1.54, 1.807) is 24.3 Å². The highest BCUT2D eigenvalue weighted by Gasteiger charge is 2.46. The van der Waals surface area contributed by atoms with E-state index in [0.29, 0.717) is 17.1 Å². The van der Waals surface area contributed by atoms with Crippen molar-refractivity contribution in [3.63, 3.8) is 0 Å². The van der Waals surface area contributed by atoms with Crippen LogP contribution in [0.3, 0.4) is 0 Å². The second-order valence-electron chi connectivity index (χ2n) is 5.17. The van der Waals surface area contributed by atoms with Gasteiger partial charge in [0.25, 0.3) is 5.91 Å². The zero-order valence-corrected chi connectivity index (χ0v) is 11.3. The predicted molar refractivity (Wildman–Crippen MR) is 72.3 cm³/mol. The largest absolute Gasteiger partial charge is 0.324 e. The Hall–Kier alpha value is -1.39. The number of halogens is 1. The number of carbonyl (C=O) groups is 2. The number of hydrogen-bond donors (Lipinski definition) is 1. The van der Waals surface area contributed by atoms with Crippen molar-refractivity contribution in [2.45, 2.75) is 25.3 Å². The number of quaternary nitrogens is 1. The number of imide groups is 1. The van der Waals surface area contributed by atoms with E-state index in [-0.39, 0.29) is 17.9 Å². The molecular weight excluding hydrogens is 264 g/mol. The van der Waals surface area contributed by atoms with Gasteiger partial charge in [0.05, 0.1) is 25.2 Å². The van der Waals surface area contributed by atoms with Gasteiger partial charge in [0.15, 0.2) is 6.04 Å². The molecule has 3 rings (SSSR count). The summed E-state index contributed by atoms with van der Waals surface area (Å²) in [5, 5.41) is 0.537. The van der Waals surface area contributed by atoms with Gasteiger partial charge in [-0.2, -0.15) is 0 Å². The Morgan fingerprint density at radius 1 is 1.21 bits per heavy atom. The summed E-state index contributed by atoms with van der Waals surface area (Å²) in [4.78, 5) is 27.1. The molecular formula is C14H16ClN2O2+. The first-order valence-corrected chi connectivity index (χ1v) is 7.01. The minimum atomic E-state index is -0.200. The molecule has 100 valence electrons. The molecule has 0 saturated carbocycles. The first kappa shape index (κ1) is 12.6. The maximum Gasteiger partial charge on any atom is 0.292 e. The molecule has 1 aromatic carbocycles. The second-order valence-corrected chi connectivity index (χ2v) is 5.61. The molecule has 2 aliphatic heterocycles. The lowest BCUT2D eigenvalue weighted by atomic mass is 10.2. The molecule has 0 bridgehead atoms. The number of carbonyl (C=O) groups excluding carboxylic acids is 2. The maximum absolute atomic E-state index is 12.5. The van der Waals surface area contributed by atoms with E-state index in [4.69, 9.17) is 11.6 Å². The molecule has 0 aromatic heterocycles. The molecule has 1 aromatic rings. The summed E-state index contributed by atoms with van der Waals surface area (Å²) in [6.07, 6.45) is 2.61. The number of amides is 2. The van der Waals surface area contributed by atoms with E-state index in [1.165, 1.54) is 9.80 Å². The van der Waals surface area contributed by atoms with Crippen LogP contribution in [0.1, 0.15) is 19.3 Å². The Balaban J connectivity index is 1.86. The maximum atomic E-state index is 12.5. The molecule has 0 spiro atoms. The molecule has 0 radical (unpaired) electrons. The second kappa shape index (κ2) is 4.94. The van der Waals surface area contributed by atoms with E-state index in [2.05, 4.69) is 0 Å². The summed E-state index contributed by atoms with van der Waals surface area (Å²) < 4.78 is 0. The van der Waals surface area contributed by atoms with Gasteiger partial charge in [0.2, 0.25) is 5.91 Å². The van der Waals surface area contributed by atoms with Crippen molar-refractivity contribution in [3.05, 3.63) is 29.3 Å². The van der Waals surface area contributed by atoms with Gasteiger partial charge < -0.3 is 4.90 Å². The lowest BCUT2D eigenvalue weighted by molar-refractivity contribution is -0.902. The molecule has 0 aliphatic carbocycles. The Kier molecular flexibility index (Phi) is 3.29. The monoisotopic (exact) mass is 279 g/mol. The Morgan fingerprint density at radius 2 is 1.95 bits per heavy atom. The summed E-state index contributed by atoms with van der Waals surface area (Å²) in [6.45, 7) is 1.99. The summed E-state index contributed by atoms with van der Waals surface area (Å²) >= 11 is 5.93. The molecule has 5 heteroatoms. The Morgan fingerprint density at radius 3 is 2.63 bits per heavy atom. The lowest BCUT2D eigenvalue weighted by Gasteiger charge is -2.19. The third kappa shape index (κ3) is 2.26. The number of rotatable bonds is 2. The van der Waals surface area contributed by atoms with Crippen molar-refractivity contribution < 1.29 is 14.5 Å². The smallest absolute Gasteiger partial charge is 0.292 e. The van der Waals surface area contributed by atoms with Crippen LogP contribution >= 0.6 is 11.6 Å². The van der Waals surface area contributed by atoms with Gasteiger partial charge in [-0.3, -0.25) is 9.59 Å². The van der Waals surface area contributed by atoms with Crippen LogP contribution in [-0.2, 0) is 9.59 Å². The van der Waals surface area contributed by atoms with Crippen LogP contribution < -0.4 is 9.80 Å². The third-order valence-electron chi connectivity index (χ3n) is 3.95. The predicted octanol–water partition coefficient (Wildman–Crippen LogP) is 0.651. The molecule has 2 fully saturated rings. The molecule has 2 saturated heterocycles. The van der Waals surface area contributed by atoms with E-state index in [0.717, 1.165) is 25.9 Å². The molecule has 2 heterocycles. The van der Waals surface area contributed by atoms with Crippen LogP contribution in [0.15, 0.2) is 24.3 Å². The van der Waals surface area contributed by atoms with Crippen molar-refractivity contribution in [2.24, 2.45) is 0 Å². The molecule has 19 heavy (non-hydrogen) atoms. The average molecular weight is 280 g/mol. The molecule has 2 amide bonds. The van der Waals surface area contributed by atoms with E-state index in [9.17, 15) is 9.59 Å². The number of nitrogens with zero attached hydrogens (tertiary/aromatic N) is 1. The van der Waals surface area contributed by atoms with Crippen molar-refractivity contribution in [1.82, 2.24) is 0 Å². The number of benzene rings is 1. The van der Waals surface area contributed by atoms with Crippen molar-refractivity contribution in [2.75, 3.05) is 18.0 Å². The highest BCUT2D eigenvalue weighted by atomic mass is 35.5. The Labute approximate surface area is 116 Å². The third-order valence-corrected chi connectivity index (χ3v) is 4.19. The zero-order valence-electron chi connectivity index (χ0n) is 10.6. The normalized spacial score (nSPS) is 24.5. The van der Waals surface area contributed by atoms with Crippen molar-refractivity contribution >= 4 is 29.1 Å². The summed E-state index contributed by atoms with van der Waals surface area (Å²) in [5.74, 6) is -0.194. The van der Waals surface area contributed by atoms with Crippen molar-refractivity contribution in [1.29, 1.82) is 0 Å². The van der Waals surface area contributed by atoms with Crippen molar-refractivity contribution in [3.8, 4) is 0 Å². The lowest BCUT2D eigenvalue weighted by Crippen LogP contribution is -3.14. The highest BCUT2D eigenvalue weighted by Crippen LogP contribution is 2.24. The summed E-state index contributed by atoms with van der Waals surface area (Å²) in [6, 6.07) is 6.71.